The maximum atomic E-state index is 11.6. The Hall–Kier alpha value is 0.0700. The van der Waals surface area contributed by atoms with Crippen LogP contribution in [0.3, 0.4) is 0 Å². The molecule has 0 bridgehead atoms. The molecule has 1 atom stereocenters. The summed E-state index contributed by atoms with van der Waals surface area (Å²) in [5.41, 5.74) is 0. The Balaban J connectivity index is 3.30. The van der Waals surface area contributed by atoms with Gasteiger partial charge in [0, 0.05) is 42.1 Å². The van der Waals surface area contributed by atoms with Crippen molar-refractivity contribution in [2.24, 2.45) is 5.92 Å². The molecule has 98 valence electrons. The zero-order valence-electron chi connectivity index (χ0n) is 11.2. The molecule has 0 aliphatic rings. The predicted octanol–water partition coefficient (Wildman–Crippen LogP) is 1.75. The molecule has 0 aliphatic heterocycles. The Morgan fingerprint density at radius 1 is 1.31 bits per heavy atom. The summed E-state index contributed by atoms with van der Waals surface area (Å²) in [6, 6.07) is 0. The van der Waals surface area contributed by atoms with Crippen LogP contribution in [0.25, 0.3) is 0 Å². The van der Waals surface area contributed by atoms with Crippen molar-refractivity contribution in [3.63, 3.8) is 0 Å². The van der Waals surface area contributed by atoms with E-state index in [-0.39, 0.29) is 0 Å². The topological polar surface area (TPSA) is 29.5 Å². The smallest absolute Gasteiger partial charge is 0.0488 e. The first-order chi connectivity index (χ1) is 7.56. The molecule has 0 saturated carbocycles. The van der Waals surface area contributed by atoms with Gasteiger partial charge in [0.05, 0.1) is 0 Å². The van der Waals surface area contributed by atoms with E-state index in [0.29, 0.717) is 5.92 Å². The van der Waals surface area contributed by atoms with E-state index in [9.17, 15) is 4.21 Å². The number of ether oxygens (including phenoxy) is 1. The van der Waals surface area contributed by atoms with Crippen molar-refractivity contribution in [3.05, 3.63) is 0 Å². The van der Waals surface area contributed by atoms with Gasteiger partial charge in [0.25, 0.3) is 0 Å². The summed E-state index contributed by atoms with van der Waals surface area (Å²) in [6.07, 6.45) is 0.912. The van der Waals surface area contributed by atoms with E-state index >= 15 is 0 Å². The van der Waals surface area contributed by atoms with Crippen molar-refractivity contribution in [2.45, 2.75) is 27.2 Å². The summed E-state index contributed by atoms with van der Waals surface area (Å²) in [7, 11) is 1.38. The summed E-state index contributed by atoms with van der Waals surface area (Å²) < 4.78 is 17.0. The average Bonchev–Trinajstić information content (AvgIpc) is 2.24. The molecule has 0 radical (unpaired) electrons. The van der Waals surface area contributed by atoms with Crippen molar-refractivity contribution in [1.82, 2.24) is 4.90 Å². The number of nitrogens with zero attached hydrogens (tertiary/aromatic N) is 1. The van der Waals surface area contributed by atoms with Crippen LogP contribution in [-0.2, 0) is 15.5 Å². The highest BCUT2D eigenvalue weighted by Crippen LogP contribution is 1.95. The lowest BCUT2D eigenvalue weighted by atomic mass is 10.2. The van der Waals surface area contributed by atoms with Gasteiger partial charge < -0.3 is 9.64 Å². The molecule has 0 N–H and O–H groups in total. The van der Waals surface area contributed by atoms with Gasteiger partial charge >= 0.3 is 0 Å². The van der Waals surface area contributed by atoms with Crippen molar-refractivity contribution in [3.8, 4) is 0 Å². The second kappa shape index (κ2) is 10.2. The lowest BCUT2D eigenvalue weighted by molar-refractivity contribution is 0.111. The molecule has 3 nitrogen and oxygen atoms in total. The van der Waals surface area contributed by atoms with Gasteiger partial charge in [-0.3, -0.25) is 4.21 Å². The molecule has 0 amide bonds. The largest absolute Gasteiger partial charge is 0.381 e. The first kappa shape index (κ1) is 16.1. The van der Waals surface area contributed by atoms with E-state index in [1.807, 2.05) is 0 Å². The maximum absolute atomic E-state index is 11.6. The van der Waals surface area contributed by atoms with Crippen LogP contribution in [-0.4, -0.2) is 54.0 Å². The summed E-state index contributed by atoms with van der Waals surface area (Å²) in [5.74, 6) is 2.15. The van der Waals surface area contributed by atoms with E-state index in [1.165, 1.54) is 0 Å². The zero-order valence-corrected chi connectivity index (χ0v) is 12.0. The SMILES string of the molecule is CCN(C)CCS(=O)CCCOCC(C)C. The molecule has 0 aromatic carbocycles. The van der Waals surface area contributed by atoms with Gasteiger partial charge in [-0.2, -0.15) is 0 Å². The quantitative estimate of drug-likeness (QED) is 0.552. The minimum atomic E-state index is -0.678. The highest BCUT2D eigenvalue weighted by atomic mass is 32.2. The first-order valence-electron chi connectivity index (χ1n) is 6.17. The summed E-state index contributed by atoms with van der Waals surface area (Å²) >= 11 is 0. The molecular weight excluding hydrogens is 222 g/mol. The predicted molar refractivity (Wildman–Crippen MR) is 71.3 cm³/mol. The van der Waals surface area contributed by atoms with Crippen LogP contribution in [0.1, 0.15) is 27.2 Å². The lowest BCUT2D eigenvalue weighted by Crippen LogP contribution is -2.24. The molecular formula is C12H27NO2S. The van der Waals surface area contributed by atoms with Crippen molar-refractivity contribution >= 4 is 10.8 Å². The van der Waals surface area contributed by atoms with E-state index < -0.39 is 10.8 Å². The van der Waals surface area contributed by atoms with Gasteiger partial charge in [0.2, 0.25) is 0 Å². The van der Waals surface area contributed by atoms with Gasteiger partial charge in [-0.15, -0.1) is 0 Å². The normalized spacial score (nSPS) is 13.6. The Labute approximate surface area is 103 Å². The van der Waals surface area contributed by atoms with Gasteiger partial charge in [-0.05, 0) is 25.9 Å². The Morgan fingerprint density at radius 3 is 2.56 bits per heavy atom. The first-order valence-corrected chi connectivity index (χ1v) is 7.66. The molecule has 0 heterocycles. The van der Waals surface area contributed by atoms with Gasteiger partial charge in [-0.25, -0.2) is 0 Å². The molecule has 0 spiro atoms. The third kappa shape index (κ3) is 10.6. The molecule has 16 heavy (non-hydrogen) atoms. The van der Waals surface area contributed by atoms with Gasteiger partial charge in [0.1, 0.15) is 0 Å². The minimum absolute atomic E-state index is 0.587. The summed E-state index contributed by atoms with van der Waals surface area (Å²) in [6.45, 7) is 9.89. The summed E-state index contributed by atoms with van der Waals surface area (Å²) in [4.78, 5) is 2.19. The van der Waals surface area contributed by atoms with Crippen molar-refractivity contribution < 1.29 is 8.95 Å². The van der Waals surface area contributed by atoms with Crippen LogP contribution >= 0.6 is 0 Å². The van der Waals surface area contributed by atoms with E-state index in [0.717, 1.165) is 44.2 Å². The molecule has 0 aliphatic carbocycles. The van der Waals surface area contributed by atoms with Gasteiger partial charge in [0.15, 0.2) is 0 Å². The molecule has 0 rings (SSSR count). The second-order valence-corrected chi connectivity index (χ2v) is 6.26. The fraction of sp³-hybridized carbons (Fsp3) is 1.00. The minimum Gasteiger partial charge on any atom is -0.381 e. The molecule has 0 aromatic rings. The van der Waals surface area contributed by atoms with Crippen LogP contribution in [0, 0.1) is 5.92 Å². The van der Waals surface area contributed by atoms with Gasteiger partial charge in [-0.1, -0.05) is 20.8 Å². The Kier molecular flexibility index (Phi) is 10.3. The molecule has 4 heteroatoms. The van der Waals surface area contributed by atoms with E-state index in [4.69, 9.17) is 4.74 Å². The third-order valence-corrected chi connectivity index (χ3v) is 3.73. The fourth-order valence-electron chi connectivity index (χ4n) is 1.16. The molecule has 0 saturated heterocycles. The summed E-state index contributed by atoms with van der Waals surface area (Å²) in [5, 5.41) is 0. The number of hydrogen-bond acceptors (Lipinski definition) is 3. The monoisotopic (exact) mass is 249 g/mol. The molecule has 0 aromatic heterocycles. The van der Waals surface area contributed by atoms with Crippen LogP contribution in [0.2, 0.25) is 0 Å². The Morgan fingerprint density at radius 2 is 2.00 bits per heavy atom. The second-order valence-electron chi connectivity index (χ2n) is 4.57. The highest BCUT2D eigenvalue weighted by molar-refractivity contribution is 7.84. The highest BCUT2D eigenvalue weighted by Gasteiger charge is 2.02. The zero-order chi connectivity index (χ0) is 12.4. The average molecular weight is 249 g/mol. The van der Waals surface area contributed by atoms with E-state index in [1.54, 1.807) is 0 Å². The number of hydrogen-bond donors (Lipinski definition) is 0. The van der Waals surface area contributed by atoms with Crippen LogP contribution in [0.15, 0.2) is 0 Å². The van der Waals surface area contributed by atoms with Crippen LogP contribution in [0.5, 0.6) is 0 Å². The lowest BCUT2D eigenvalue weighted by Gasteiger charge is -2.13. The Bertz CT molecular complexity index is 186. The van der Waals surface area contributed by atoms with Crippen molar-refractivity contribution in [1.29, 1.82) is 0 Å². The third-order valence-electron chi connectivity index (χ3n) is 2.35. The van der Waals surface area contributed by atoms with Crippen molar-refractivity contribution in [2.75, 3.05) is 44.9 Å². The maximum Gasteiger partial charge on any atom is 0.0488 e. The standard InChI is InChI=1S/C12H27NO2S/c1-5-13(4)7-10-16(14)9-6-8-15-11-12(2)3/h12H,5-11H2,1-4H3. The van der Waals surface area contributed by atoms with E-state index in [2.05, 4.69) is 32.7 Å². The fourth-order valence-corrected chi connectivity index (χ4v) is 2.32. The molecule has 0 fully saturated rings. The molecule has 1 unspecified atom stereocenters. The number of rotatable bonds is 10. The van der Waals surface area contributed by atoms with Crippen LogP contribution in [0.4, 0.5) is 0 Å². The van der Waals surface area contributed by atoms with Crippen LogP contribution < -0.4 is 0 Å².